The molecule has 2 aromatic rings. The Labute approximate surface area is 140 Å². The zero-order valence-electron chi connectivity index (χ0n) is 13.8. The molecule has 0 aliphatic heterocycles. The highest BCUT2D eigenvalue weighted by Crippen LogP contribution is 2.12. The second-order valence-corrected chi connectivity index (χ2v) is 5.13. The zero-order valence-corrected chi connectivity index (χ0v) is 13.8. The molecule has 0 saturated heterocycles. The van der Waals surface area contributed by atoms with E-state index in [1.807, 2.05) is 12.1 Å². The first-order valence-electron chi connectivity index (χ1n) is 7.36. The first-order chi connectivity index (χ1) is 11.5. The van der Waals surface area contributed by atoms with Crippen LogP contribution in [0.4, 0.5) is 5.69 Å². The Bertz CT molecular complexity index is 767. The van der Waals surface area contributed by atoms with Crippen LogP contribution in [0.5, 0.6) is 5.75 Å². The third kappa shape index (κ3) is 4.67. The van der Waals surface area contributed by atoms with Gasteiger partial charge in [0.2, 0.25) is 5.91 Å². The SMILES string of the molecule is COc1ccc(C(=O)N/N=C(/C)c2cccc(NC(C)=O)c2)cc1. The van der Waals surface area contributed by atoms with E-state index in [0.29, 0.717) is 22.7 Å². The lowest BCUT2D eigenvalue weighted by molar-refractivity contribution is -0.114. The highest BCUT2D eigenvalue weighted by molar-refractivity contribution is 6.02. The number of benzene rings is 2. The van der Waals surface area contributed by atoms with Crippen molar-refractivity contribution in [3.63, 3.8) is 0 Å². The van der Waals surface area contributed by atoms with Gasteiger partial charge in [0.15, 0.2) is 0 Å². The Balaban J connectivity index is 2.07. The van der Waals surface area contributed by atoms with Crippen molar-refractivity contribution in [2.45, 2.75) is 13.8 Å². The molecule has 6 heteroatoms. The fourth-order valence-corrected chi connectivity index (χ4v) is 2.03. The Kier molecular flexibility index (Phi) is 5.68. The van der Waals surface area contributed by atoms with Gasteiger partial charge in [-0.2, -0.15) is 5.10 Å². The van der Waals surface area contributed by atoms with Gasteiger partial charge in [-0.05, 0) is 48.9 Å². The summed E-state index contributed by atoms with van der Waals surface area (Å²) in [4.78, 5) is 23.2. The van der Waals surface area contributed by atoms with Crippen LogP contribution in [0.15, 0.2) is 53.6 Å². The number of rotatable bonds is 5. The molecule has 6 nitrogen and oxygen atoms in total. The van der Waals surface area contributed by atoms with Crippen LogP contribution in [0.2, 0.25) is 0 Å². The van der Waals surface area contributed by atoms with Crippen molar-refractivity contribution in [2.75, 3.05) is 12.4 Å². The van der Waals surface area contributed by atoms with Crippen LogP contribution in [0, 0.1) is 0 Å². The number of methoxy groups -OCH3 is 1. The summed E-state index contributed by atoms with van der Waals surface area (Å²) in [5.74, 6) is 0.227. The molecule has 0 aliphatic rings. The number of nitrogens with one attached hydrogen (secondary N) is 2. The zero-order chi connectivity index (χ0) is 17.5. The predicted octanol–water partition coefficient (Wildman–Crippen LogP) is 2.81. The molecule has 0 saturated carbocycles. The van der Waals surface area contributed by atoms with Crippen LogP contribution < -0.4 is 15.5 Å². The number of hydrogen-bond donors (Lipinski definition) is 2. The van der Waals surface area contributed by atoms with Crippen molar-refractivity contribution in [2.24, 2.45) is 5.10 Å². The topological polar surface area (TPSA) is 79.8 Å². The summed E-state index contributed by atoms with van der Waals surface area (Å²) in [7, 11) is 1.57. The normalized spacial score (nSPS) is 10.9. The smallest absolute Gasteiger partial charge is 0.271 e. The Morgan fingerprint density at radius 2 is 1.71 bits per heavy atom. The number of nitrogens with zero attached hydrogens (tertiary/aromatic N) is 1. The van der Waals surface area contributed by atoms with E-state index in [1.165, 1.54) is 6.92 Å². The number of ether oxygens (including phenoxy) is 1. The van der Waals surface area contributed by atoms with Crippen molar-refractivity contribution in [3.05, 3.63) is 59.7 Å². The van der Waals surface area contributed by atoms with Gasteiger partial charge in [-0.1, -0.05) is 12.1 Å². The minimum absolute atomic E-state index is 0.144. The summed E-state index contributed by atoms with van der Waals surface area (Å²) in [5.41, 5.74) is 5.11. The first kappa shape index (κ1) is 17.2. The number of hydrogen-bond acceptors (Lipinski definition) is 4. The van der Waals surface area contributed by atoms with Gasteiger partial charge in [0, 0.05) is 18.2 Å². The molecule has 2 rings (SSSR count). The third-order valence-corrected chi connectivity index (χ3v) is 3.28. The van der Waals surface area contributed by atoms with E-state index in [0.717, 1.165) is 5.56 Å². The van der Waals surface area contributed by atoms with Crippen molar-refractivity contribution < 1.29 is 14.3 Å². The molecule has 2 aromatic carbocycles. The van der Waals surface area contributed by atoms with Crippen LogP contribution in [-0.4, -0.2) is 24.6 Å². The molecule has 0 spiro atoms. The third-order valence-electron chi connectivity index (χ3n) is 3.28. The molecule has 2 amide bonds. The van der Waals surface area contributed by atoms with Gasteiger partial charge < -0.3 is 10.1 Å². The Morgan fingerprint density at radius 3 is 2.33 bits per heavy atom. The average molecular weight is 325 g/mol. The average Bonchev–Trinajstić information content (AvgIpc) is 2.59. The van der Waals surface area contributed by atoms with E-state index < -0.39 is 0 Å². The fourth-order valence-electron chi connectivity index (χ4n) is 2.03. The molecule has 124 valence electrons. The van der Waals surface area contributed by atoms with E-state index in [9.17, 15) is 9.59 Å². The summed E-state index contributed by atoms with van der Waals surface area (Å²) >= 11 is 0. The van der Waals surface area contributed by atoms with Gasteiger partial charge >= 0.3 is 0 Å². The van der Waals surface area contributed by atoms with Gasteiger partial charge in [0.1, 0.15) is 5.75 Å². The number of carbonyl (C=O) groups is 2. The summed E-state index contributed by atoms with van der Waals surface area (Å²) in [6, 6.07) is 14.0. The molecular formula is C18H19N3O3. The van der Waals surface area contributed by atoms with E-state index in [1.54, 1.807) is 50.4 Å². The molecule has 0 aliphatic carbocycles. The maximum atomic E-state index is 12.1. The molecule has 0 aromatic heterocycles. The van der Waals surface area contributed by atoms with E-state index in [2.05, 4.69) is 15.8 Å². The van der Waals surface area contributed by atoms with E-state index in [4.69, 9.17) is 4.74 Å². The fraction of sp³-hybridized carbons (Fsp3) is 0.167. The molecular weight excluding hydrogens is 306 g/mol. The Morgan fingerprint density at radius 1 is 1.00 bits per heavy atom. The van der Waals surface area contributed by atoms with Gasteiger partial charge in [0.05, 0.1) is 12.8 Å². The molecule has 0 radical (unpaired) electrons. The molecule has 2 N–H and O–H groups in total. The second-order valence-electron chi connectivity index (χ2n) is 5.13. The lowest BCUT2D eigenvalue weighted by atomic mass is 10.1. The standard InChI is InChI=1S/C18H19N3O3/c1-12(15-5-4-6-16(11-15)19-13(2)22)20-21-18(23)14-7-9-17(24-3)10-8-14/h4-11H,1-3H3,(H,19,22)(H,21,23)/b20-12-. The highest BCUT2D eigenvalue weighted by atomic mass is 16.5. The van der Waals surface area contributed by atoms with Crippen LogP contribution in [0.3, 0.4) is 0 Å². The van der Waals surface area contributed by atoms with Crippen molar-refractivity contribution in [1.29, 1.82) is 0 Å². The van der Waals surface area contributed by atoms with E-state index >= 15 is 0 Å². The number of hydrazone groups is 1. The van der Waals surface area contributed by atoms with Crippen molar-refractivity contribution in [3.8, 4) is 5.75 Å². The summed E-state index contributed by atoms with van der Waals surface area (Å²) in [5, 5.41) is 6.82. The van der Waals surface area contributed by atoms with Gasteiger partial charge in [-0.15, -0.1) is 0 Å². The van der Waals surface area contributed by atoms with Crippen molar-refractivity contribution in [1.82, 2.24) is 5.43 Å². The molecule has 0 fully saturated rings. The monoisotopic (exact) mass is 325 g/mol. The van der Waals surface area contributed by atoms with Crippen LogP contribution >= 0.6 is 0 Å². The summed E-state index contributed by atoms with van der Waals surface area (Å²) < 4.78 is 5.05. The second kappa shape index (κ2) is 7.92. The number of amides is 2. The predicted molar refractivity (Wildman–Crippen MR) is 93.4 cm³/mol. The highest BCUT2D eigenvalue weighted by Gasteiger charge is 2.06. The van der Waals surface area contributed by atoms with Crippen LogP contribution in [-0.2, 0) is 4.79 Å². The molecule has 0 bridgehead atoms. The molecule has 0 unspecified atom stereocenters. The van der Waals surface area contributed by atoms with Crippen LogP contribution in [0.25, 0.3) is 0 Å². The molecule has 24 heavy (non-hydrogen) atoms. The van der Waals surface area contributed by atoms with Crippen molar-refractivity contribution >= 4 is 23.2 Å². The van der Waals surface area contributed by atoms with Crippen LogP contribution in [0.1, 0.15) is 29.8 Å². The molecule has 0 atom stereocenters. The quantitative estimate of drug-likeness (QED) is 0.655. The maximum absolute atomic E-state index is 12.1. The summed E-state index contributed by atoms with van der Waals surface area (Å²) in [6.45, 7) is 3.23. The molecule has 0 heterocycles. The number of carbonyl (C=O) groups excluding carboxylic acids is 2. The number of anilines is 1. The minimum Gasteiger partial charge on any atom is -0.497 e. The van der Waals surface area contributed by atoms with Gasteiger partial charge in [-0.25, -0.2) is 5.43 Å². The lowest BCUT2D eigenvalue weighted by Crippen LogP contribution is -2.19. The van der Waals surface area contributed by atoms with Gasteiger partial charge in [0.25, 0.3) is 5.91 Å². The maximum Gasteiger partial charge on any atom is 0.271 e. The van der Waals surface area contributed by atoms with Gasteiger partial charge in [-0.3, -0.25) is 9.59 Å². The lowest BCUT2D eigenvalue weighted by Gasteiger charge is -2.06. The van der Waals surface area contributed by atoms with E-state index in [-0.39, 0.29) is 11.8 Å². The minimum atomic E-state index is -0.310. The largest absolute Gasteiger partial charge is 0.497 e. The summed E-state index contributed by atoms with van der Waals surface area (Å²) in [6.07, 6.45) is 0. The Hall–Kier alpha value is -3.15. The first-order valence-corrected chi connectivity index (χ1v) is 7.36.